The average Bonchev–Trinajstić information content (AvgIpc) is 3.09. The smallest absolute Gasteiger partial charge is 0.285 e. The van der Waals surface area contributed by atoms with Crippen LogP contribution in [0.1, 0.15) is 19.8 Å². The number of alkyl halides is 2. The number of carbonyl (C=O) groups is 2. The summed E-state index contributed by atoms with van der Waals surface area (Å²) in [6, 6.07) is 0.0962. The number of rotatable bonds is 7. The van der Waals surface area contributed by atoms with Crippen LogP contribution in [0.4, 0.5) is 8.78 Å². The number of nitrogens with zero attached hydrogens (tertiary/aromatic N) is 5. The molecule has 15 heteroatoms. The molecule has 0 saturated carbocycles. The molecule has 145 valence electrons. The maximum atomic E-state index is 12.3. The van der Waals surface area contributed by atoms with Gasteiger partial charge < -0.3 is 20.1 Å². The van der Waals surface area contributed by atoms with Gasteiger partial charge >= 0.3 is 0 Å². The van der Waals surface area contributed by atoms with Gasteiger partial charge in [0.1, 0.15) is 5.91 Å². The number of β-lactam (4-membered cyclic amide) rings is 1. The first-order chi connectivity index (χ1) is 12.0. The molecule has 0 bridgehead atoms. The SMILES string of the molecule is CC1=C(CSc2nnn[n-]2)CCC2[C-](NC(=O)CSC(F)F)C(=O)N12.[Y].[Y].[Y]. The fourth-order valence-electron chi connectivity index (χ4n) is 2.78. The molecule has 1 N–H and O–H groups in total. The van der Waals surface area contributed by atoms with E-state index in [2.05, 4.69) is 25.9 Å². The van der Waals surface area contributed by atoms with Crippen molar-refractivity contribution in [3.05, 3.63) is 17.3 Å². The summed E-state index contributed by atoms with van der Waals surface area (Å²) in [6.45, 7) is 1.85. The number of hydrogen-bond donors (Lipinski definition) is 1. The average molecular weight is 655 g/mol. The Kier molecular flexibility index (Phi) is 14.5. The van der Waals surface area contributed by atoms with Crippen molar-refractivity contribution in [3.8, 4) is 0 Å². The Morgan fingerprint density at radius 2 is 2.14 bits per heavy atom. The zero-order valence-electron chi connectivity index (χ0n) is 14.8. The van der Waals surface area contributed by atoms with Crippen molar-refractivity contribution in [3.63, 3.8) is 0 Å². The van der Waals surface area contributed by atoms with Crippen molar-refractivity contribution in [2.45, 2.75) is 36.7 Å². The second-order valence-corrected chi connectivity index (χ2v) is 7.32. The van der Waals surface area contributed by atoms with Crippen LogP contribution in [0.2, 0.25) is 0 Å². The molecule has 0 spiro atoms. The van der Waals surface area contributed by atoms with Gasteiger partial charge in [-0.05, 0) is 25.0 Å². The van der Waals surface area contributed by atoms with Crippen LogP contribution in [0.25, 0.3) is 0 Å². The Labute approximate surface area is 244 Å². The molecule has 1 fully saturated rings. The number of carbonyl (C=O) groups excluding carboxylic acids is 2. The summed E-state index contributed by atoms with van der Waals surface area (Å²) in [5, 5.41) is 17.3. The monoisotopic (exact) mass is 655 g/mol. The van der Waals surface area contributed by atoms with Gasteiger partial charge in [-0.2, -0.15) is 20.0 Å². The van der Waals surface area contributed by atoms with E-state index in [9.17, 15) is 18.4 Å². The van der Waals surface area contributed by atoms with Crippen molar-refractivity contribution >= 4 is 35.3 Å². The predicted molar refractivity (Wildman–Crippen MR) is 86.3 cm³/mol. The van der Waals surface area contributed by atoms with Crippen molar-refractivity contribution < 1.29 is 116 Å². The minimum absolute atomic E-state index is 0. The quantitative estimate of drug-likeness (QED) is 0.262. The molecule has 2 amide bonds. The van der Waals surface area contributed by atoms with E-state index < -0.39 is 11.7 Å². The van der Waals surface area contributed by atoms with Crippen molar-refractivity contribution in [2.24, 2.45) is 0 Å². The molecule has 1 aromatic heterocycles. The number of halogens is 2. The van der Waals surface area contributed by atoms with Crippen molar-refractivity contribution in [1.82, 2.24) is 30.8 Å². The number of aromatic nitrogens is 4. The van der Waals surface area contributed by atoms with E-state index in [-0.39, 0.29) is 128 Å². The van der Waals surface area contributed by atoms with Crippen LogP contribution in [0.3, 0.4) is 0 Å². The van der Waals surface area contributed by atoms with Gasteiger partial charge in [-0.25, -0.2) is 0 Å². The Balaban J connectivity index is 0.00000243. The third-order valence-corrected chi connectivity index (χ3v) is 5.57. The topological polar surface area (TPSA) is 102 Å². The first-order valence-corrected chi connectivity index (χ1v) is 9.41. The molecule has 1 unspecified atom stereocenters. The van der Waals surface area contributed by atoms with Gasteiger partial charge in [0.05, 0.1) is 10.9 Å². The largest absolute Gasteiger partial charge is 0.476 e. The van der Waals surface area contributed by atoms with E-state index in [4.69, 9.17) is 0 Å². The zero-order valence-corrected chi connectivity index (χ0v) is 25.0. The molecule has 8 nitrogen and oxygen atoms in total. The third kappa shape index (κ3) is 7.28. The molecule has 3 heterocycles. The van der Waals surface area contributed by atoms with Crippen molar-refractivity contribution in [2.75, 3.05) is 11.5 Å². The molecule has 0 aliphatic carbocycles. The molecule has 1 atom stereocenters. The fourth-order valence-corrected chi connectivity index (χ4v) is 3.98. The molecule has 1 aromatic rings. The van der Waals surface area contributed by atoms with E-state index in [1.165, 1.54) is 11.8 Å². The molecule has 2 aliphatic heterocycles. The van der Waals surface area contributed by atoms with E-state index in [1.807, 2.05) is 6.92 Å². The number of fused-ring (bicyclic) bond motifs is 1. The number of nitrogens with one attached hydrogen (secondary N) is 1. The Hall–Kier alpha value is 1.49. The molecule has 0 aromatic carbocycles. The first-order valence-electron chi connectivity index (χ1n) is 7.37. The van der Waals surface area contributed by atoms with E-state index in [1.54, 1.807) is 4.90 Å². The number of tetrazole rings is 1. The molecule has 28 heavy (non-hydrogen) atoms. The van der Waals surface area contributed by atoms with Crippen molar-refractivity contribution in [1.29, 1.82) is 0 Å². The Morgan fingerprint density at radius 3 is 2.75 bits per heavy atom. The molecule has 2 aliphatic rings. The standard InChI is InChI=1S/C13H15F2N6O2S2.3Y/c1-6-7(4-25-13-17-19-20-18-13)2-3-8-10(11(23)21(6)8)16-9(22)5-24-12(14)15;;;/h8,12H,2-5H2,1H3,(H2,16,17,18,19,20,22);;;/q-1;;;/p-1. The summed E-state index contributed by atoms with van der Waals surface area (Å²) in [5.41, 5.74) is 1.94. The normalized spacial score (nSPS) is 17.9. The van der Waals surface area contributed by atoms with Crippen LogP contribution in [0.15, 0.2) is 16.4 Å². The zero-order chi connectivity index (χ0) is 18.0. The van der Waals surface area contributed by atoms with E-state index in [0.29, 0.717) is 23.4 Å². The molecule has 1 saturated heterocycles. The van der Waals surface area contributed by atoms with Crippen LogP contribution < -0.4 is 10.4 Å². The number of amides is 2. The molecular weight excluding hydrogens is 641 g/mol. The van der Waals surface area contributed by atoms with E-state index in [0.717, 1.165) is 17.7 Å². The second kappa shape index (κ2) is 13.8. The molecule has 3 radical (unpaired) electrons. The predicted octanol–water partition coefficient (Wildman–Crippen LogP) is 0.796. The van der Waals surface area contributed by atoms with Gasteiger partial charge in [-0.1, -0.05) is 18.2 Å². The van der Waals surface area contributed by atoms with Crippen LogP contribution in [0.5, 0.6) is 0 Å². The second-order valence-electron chi connectivity index (χ2n) is 5.40. The summed E-state index contributed by atoms with van der Waals surface area (Å²) in [7, 11) is 0. The van der Waals surface area contributed by atoms with E-state index >= 15 is 0 Å². The third-order valence-electron chi connectivity index (χ3n) is 3.98. The van der Waals surface area contributed by atoms with Gasteiger partial charge in [0.15, 0.2) is 0 Å². The summed E-state index contributed by atoms with van der Waals surface area (Å²) in [6.07, 6.45) is 1.44. The summed E-state index contributed by atoms with van der Waals surface area (Å²) in [4.78, 5) is 25.6. The first kappa shape index (κ1) is 29.5. The van der Waals surface area contributed by atoms with Crippen LogP contribution in [-0.2, 0) is 108 Å². The minimum Gasteiger partial charge on any atom is -0.476 e. The summed E-state index contributed by atoms with van der Waals surface area (Å²) in [5.74, 6) is -3.22. The van der Waals surface area contributed by atoms with Gasteiger partial charge in [0.2, 0.25) is 5.91 Å². The fraction of sp³-hybridized carbons (Fsp3) is 0.538. The van der Waals surface area contributed by atoms with Crippen LogP contribution >= 0.6 is 23.5 Å². The Bertz CT molecular complexity index is 698. The van der Waals surface area contributed by atoms with Crippen LogP contribution in [0, 0.1) is 6.04 Å². The molecule has 3 rings (SSSR count). The van der Waals surface area contributed by atoms with Gasteiger partial charge in [-0.15, -0.1) is 11.8 Å². The number of thioether (sulfide) groups is 2. The maximum Gasteiger partial charge on any atom is 0.285 e. The van der Waals surface area contributed by atoms with Gasteiger partial charge in [-0.3, -0.25) is 15.1 Å². The minimum atomic E-state index is -2.61. The Morgan fingerprint density at radius 1 is 1.43 bits per heavy atom. The maximum absolute atomic E-state index is 12.3. The van der Waals surface area contributed by atoms with Gasteiger partial charge in [0.25, 0.3) is 5.76 Å². The van der Waals surface area contributed by atoms with Gasteiger partial charge in [0, 0.05) is 110 Å². The molecular formula is C13H14F2N6O2S2Y3-2. The summed E-state index contributed by atoms with van der Waals surface area (Å²) >= 11 is 1.63. The number of allylic oxidation sites excluding steroid dienone is 1. The number of hydrogen-bond acceptors (Lipinski definition) is 7. The summed E-state index contributed by atoms with van der Waals surface area (Å²) < 4.78 is 24.2. The van der Waals surface area contributed by atoms with Crippen LogP contribution in [-0.4, -0.2) is 55.5 Å².